The van der Waals surface area contributed by atoms with Crippen molar-refractivity contribution in [2.45, 2.75) is 25.8 Å². The molecule has 1 aliphatic heterocycles. The molecule has 1 aromatic carbocycles. The Morgan fingerprint density at radius 3 is 2.53 bits per heavy atom. The van der Waals surface area contributed by atoms with Crippen LogP contribution in [0.1, 0.15) is 19.8 Å². The van der Waals surface area contributed by atoms with Gasteiger partial charge < -0.3 is 10.6 Å². The lowest BCUT2D eigenvalue weighted by molar-refractivity contribution is -0.119. The number of hydrogen-bond donors (Lipinski definition) is 2. The highest BCUT2D eigenvalue weighted by molar-refractivity contribution is 9.11. The molecule has 1 aromatic rings. The SMILES string of the molecule is CC1CCNC(C(=O)Nc2c(Br)cc(Br)cc2Br)C1. The largest absolute Gasteiger partial charge is 0.323 e. The number of rotatable bonds is 2. The Hall–Kier alpha value is 0.0900. The van der Waals surface area contributed by atoms with Gasteiger partial charge in [0.1, 0.15) is 0 Å². The second kappa shape index (κ2) is 6.70. The minimum absolute atomic E-state index is 0.0234. The molecule has 3 nitrogen and oxygen atoms in total. The zero-order valence-electron chi connectivity index (χ0n) is 10.5. The molecule has 19 heavy (non-hydrogen) atoms. The summed E-state index contributed by atoms with van der Waals surface area (Å²) in [7, 11) is 0. The second-order valence-corrected chi connectivity index (χ2v) is 7.49. The van der Waals surface area contributed by atoms with Gasteiger partial charge in [0.15, 0.2) is 0 Å². The zero-order chi connectivity index (χ0) is 14.0. The van der Waals surface area contributed by atoms with Crippen molar-refractivity contribution in [2.24, 2.45) is 5.92 Å². The first-order valence-electron chi connectivity index (χ1n) is 6.16. The van der Waals surface area contributed by atoms with Crippen LogP contribution in [-0.2, 0) is 4.79 Å². The van der Waals surface area contributed by atoms with Gasteiger partial charge in [-0.15, -0.1) is 0 Å². The summed E-state index contributed by atoms with van der Waals surface area (Å²) >= 11 is 10.3. The maximum Gasteiger partial charge on any atom is 0.241 e. The summed E-state index contributed by atoms with van der Waals surface area (Å²) in [6, 6.07) is 3.72. The predicted molar refractivity (Wildman–Crippen MR) is 88.4 cm³/mol. The van der Waals surface area contributed by atoms with E-state index in [-0.39, 0.29) is 11.9 Å². The standard InChI is InChI=1S/C13H15Br3N2O/c1-7-2-3-17-11(4-7)13(19)18-12-9(15)5-8(14)6-10(12)16/h5-7,11,17H,2-4H2,1H3,(H,18,19). The van der Waals surface area contributed by atoms with Crippen LogP contribution in [0.3, 0.4) is 0 Å². The number of piperidine rings is 1. The number of carbonyl (C=O) groups excluding carboxylic acids is 1. The molecule has 104 valence electrons. The maximum absolute atomic E-state index is 12.3. The lowest BCUT2D eigenvalue weighted by Gasteiger charge is -2.27. The number of nitrogens with one attached hydrogen (secondary N) is 2. The molecule has 2 rings (SSSR count). The smallest absolute Gasteiger partial charge is 0.241 e. The van der Waals surface area contributed by atoms with E-state index in [1.165, 1.54) is 0 Å². The Morgan fingerprint density at radius 1 is 1.32 bits per heavy atom. The lowest BCUT2D eigenvalue weighted by Crippen LogP contribution is -2.45. The van der Waals surface area contributed by atoms with Gasteiger partial charge in [-0.1, -0.05) is 22.9 Å². The van der Waals surface area contributed by atoms with Gasteiger partial charge in [-0.2, -0.15) is 0 Å². The van der Waals surface area contributed by atoms with E-state index >= 15 is 0 Å². The first kappa shape index (κ1) is 15.5. The molecule has 0 bridgehead atoms. The average molecular weight is 455 g/mol. The second-order valence-electron chi connectivity index (χ2n) is 4.87. The van der Waals surface area contributed by atoms with Gasteiger partial charge in [0.25, 0.3) is 0 Å². The van der Waals surface area contributed by atoms with Crippen molar-refractivity contribution < 1.29 is 4.79 Å². The Kier molecular flexibility index (Phi) is 5.45. The third-order valence-electron chi connectivity index (χ3n) is 3.24. The van der Waals surface area contributed by atoms with E-state index in [4.69, 9.17) is 0 Å². The van der Waals surface area contributed by atoms with Crippen molar-refractivity contribution in [1.82, 2.24) is 5.32 Å². The molecule has 0 radical (unpaired) electrons. The summed E-state index contributed by atoms with van der Waals surface area (Å²) in [4.78, 5) is 12.3. The van der Waals surface area contributed by atoms with Crippen molar-refractivity contribution in [3.63, 3.8) is 0 Å². The fourth-order valence-electron chi connectivity index (χ4n) is 2.18. The van der Waals surface area contributed by atoms with Crippen LogP contribution in [-0.4, -0.2) is 18.5 Å². The van der Waals surface area contributed by atoms with Crippen LogP contribution in [0.2, 0.25) is 0 Å². The lowest BCUT2D eigenvalue weighted by atomic mass is 9.94. The van der Waals surface area contributed by atoms with Gasteiger partial charge in [-0.3, -0.25) is 4.79 Å². The summed E-state index contributed by atoms with van der Waals surface area (Å²) in [6.07, 6.45) is 2.02. The summed E-state index contributed by atoms with van der Waals surface area (Å²) in [5.41, 5.74) is 0.772. The van der Waals surface area contributed by atoms with Gasteiger partial charge in [0, 0.05) is 13.4 Å². The van der Waals surface area contributed by atoms with Gasteiger partial charge in [0.2, 0.25) is 5.91 Å². The number of anilines is 1. The molecule has 2 N–H and O–H groups in total. The minimum Gasteiger partial charge on any atom is -0.323 e. The van der Waals surface area contributed by atoms with Crippen molar-refractivity contribution in [3.8, 4) is 0 Å². The van der Waals surface area contributed by atoms with Crippen LogP contribution < -0.4 is 10.6 Å². The quantitative estimate of drug-likeness (QED) is 0.699. The number of benzene rings is 1. The number of carbonyl (C=O) groups is 1. The fraction of sp³-hybridized carbons (Fsp3) is 0.462. The van der Waals surface area contributed by atoms with E-state index in [2.05, 4.69) is 65.3 Å². The molecule has 1 saturated heterocycles. The topological polar surface area (TPSA) is 41.1 Å². The monoisotopic (exact) mass is 452 g/mol. The van der Waals surface area contributed by atoms with Crippen LogP contribution in [0.5, 0.6) is 0 Å². The van der Waals surface area contributed by atoms with E-state index in [1.54, 1.807) is 0 Å². The molecule has 0 spiro atoms. The molecular weight excluding hydrogens is 440 g/mol. The zero-order valence-corrected chi connectivity index (χ0v) is 15.2. The third kappa shape index (κ3) is 4.03. The van der Waals surface area contributed by atoms with E-state index in [1.807, 2.05) is 12.1 Å². The van der Waals surface area contributed by atoms with Crippen LogP contribution in [0.25, 0.3) is 0 Å². The van der Waals surface area contributed by atoms with Gasteiger partial charge in [-0.25, -0.2) is 0 Å². The highest BCUT2D eigenvalue weighted by Gasteiger charge is 2.25. The molecular formula is C13H15Br3N2O. The molecule has 1 aliphatic rings. The summed E-state index contributed by atoms with van der Waals surface area (Å²) in [5.74, 6) is 0.615. The first-order chi connectivity index (χ1) is 8.97. The van der Waals surface area contributed by atoms with Crippen LogP contribution in [0, 0.1) is 5.92 Å². The molecule has 2 unspecified atom stereocenters. The molecule has 1 heterocycles. The molecule has 0 aromatic heterocycles. The summed E-state index contributed by atoms with van der Waals surface area (Å²) in [5, 5.41) is 6.25. The molecule has 2 atom stereocenters. The normalized spacial score (nSPS) is 23.2. The average Bonchev–Trinajstić information content (AvgIpc) is 2.33. The number of hydrogen-bond acceptors (Lipinski definition) is 2. The van der Waals surface area contributed by atoms with Crippen molar-refractivity contribution >= 4 is 59.4 Å². The Morgan fingerprint density at radius 2 is 1.95 bits per heavy atom. The van der Waals surface area contributed by atoms with E-state index in [0.29, 0.717) is 5.92 Å². The van der Waals surface area contributed by atoms with Crippen LogP contribution >= 0.6 is 47.8 Å². The van der Waals surface area contributed by atoms with Gasteiger partial charge in [0.05, 0.1) is 11.7 Å². The third-order valence-corrected chi connectivity index (χ3v) is 4.95. The first-order valence-corrected chi connectivity index (χ1v) is 8.54. The van der Waals surface area contributed by atoms with Gasteiger partial charge in [-0.05, 0) is 69.3 Å². The summed E-state index contributed by atoms with van der Waals surface area (Å²) in [6.45, 7) is 3.09. The highest BCUT2D eigenvalue weighted by atomic mass is 79.9. The predicted octanol–water partition coefficient (Wildman–Crippen LogP) is 4.30. The summed E-state index contributed by atoms with van der Waals surface area (Å²) < 4.78 is 2.66. The Balaban J connectivity index is 2.10. The van der Waals surface area contributed by atoms with Crippen LogP contribution in [0.4, 0.5) is 5.69 Å². The maximum atomic E-state index is 12.3. The number of amides is 1. The molecule has 0 aliphatic carbocycles. The van der Waals surface area contributed by atoms with Crippen molar-refractivity contribution in [1.29, 1.82) is 0 Å². The Labute approximate surface area is 138 Å². The minimum atomic E-state index is -0.105. The van der Waals surface area contributed by atoms with Crippen molar-refractivity contribution in [2.75, 3.05) is 11.9 Å². The van der Waals surface area contributed by atoms with Gasteiger partial charge >= 0.3 is 0 Å². The fourth-order valence-corrected chi connectivity index (χ4v) is 4.64. The van der Waals surface area contributed by atoms with E-state index < -0.39 is 0 Å². The van der Waals surface area contributed by atoms with Crippen molar-refractivity contribution in [3.05, 3.63) is 25.6 Å². The molecule has 0 saturated carbocycles. The highest BCUT2D eigenvalue weighted by Crippen LogP contribution is 2.34. The van der Waals surface area contributed by atoms with Crippen LogP contribution in [0.15, 0.2) is 25.6 Å². The number of halogens is 3. The molecule has 6 heteroatoms. The van der Waals surface area contributed by atoms with E-state index in [9.17, 15) is 4.79 Å². The molecule has 1 amide bonds. The Bertz CT molecular complexity index is 470. The molecule has 1 fully saturated rings. The van der Waals surface area contributed by atoms with E-state index in [0.717, 1.165) is 38.5 Å².